The third-order valence-corrected chi connectivity index (χ3v) is 6.00. The summed E-state index contributed by atoms with van der Waals surface area (Å²) in [5, 5.41) is 17.9. The number of para-hydroxylation sites is 1. The molecular weight excluding hydrogens is 443 g/mol. The van der Waals surface area contributed by atoms with E-state index in [1.807, 2.05) is 47.8 Å². The van der Waals surface area contributed by atoms with Crippen LogP contribution in [0.5, 0.6) is 5.75 Å². The Morgan fingerprint density at radius 1 is 1.07 bits per heavy atom. The molecule has 0 aliphatic carbocycles. The second-order valence-corrected chi connectivity index (χ2v) is 8.31. The molecule has 0 aliphatic heterocycles. The predicted octanol–water partition coefficient (Wildman–Crippen LogP) is 6.39. The Kier molecular flexibility index (Phi) is 4.62. The zero-order chi connectivity index (χ0) is 20.8. The van der Waals surface area contributed by atoms with Crippen molar-refractivity contribution in [2.45, 2.75) is 0 Å². The van der Waals surface area contributed by atoms with Gasteiger partial charge in [0.2, 0.25) is 11.2 Å². The number of fused-ring (bicyclic) bond motifs is 1. The molecule has 3 aromatic heterocycles. The minimum atomic E-state index is -0.611. The normalized spacial score (nSPS) is 11.3. The molecule has 1 N–H and O–H groups in total. The smallest absolute Gasteiger partial charge is 0.235 e. The van der Waals surface area contributed by atoms with Gasteiger partial charge in [0, 0.05) is 11.2 Å². The van der Waals surface area contributed by atoms with Crippen LogP contribution in [0, 0.1) is 0 Å². The zero-order valence-corrected chi connectivity index (χ0v) is 17.5. The summed E-state index contributed by atoms with van der Waals surface area (Å²) < 4.78 is 7.62. The van der Waals surface area contributed by atoms with E-state index in [0.29, 0.717) is 11.3 Å². The van der Waals surface area contributed by atoms with Crippen LogP contribution in [0.15, 0.2) is 75.4 Å². The first-order valence-corrected chi connectivity index (χ1v) is 10.5. The monoisotopic (exact) mass is 454 g/mol. The Morgan fingerprint density at radius 3 is 2.60 bits per heavy atom. The van der Waals surface area contributed by atoms with E-state index in [0.717, 1.165) is 10.6 Å². The highest BCUT2D eigenvalue weighted by Crippen LogP contribution is 2.40. The lowest BCUT2D eigenvalue weighted by atomic mass is 10.1. The summed E-state index contributed by atoms with van der Waals surface area (Å²) in [6, 6.07) is 16.3. The van der Waals surface area contributed by atoms with Crippen LogP contribution in [-0.4, -0.2) is 14.9 Å². The SMILES string of the molecule is O=c1c(O)c(-c2cn(-c3ccccc3)nc2-c2cccs2)oc2c(Cl)cc(Cl)cc12. The lowest BCUT2D eigenvalue weighted by Gasteiger charge is -2.07. The van der Waals surface area contributed by atoms with Gasteiger partial charge in [0.1, 0.15) is 5.69 Å². The number of nitrogens with zero attached hydrogens (tertiary/aromatic N) is 2. The summed E-state index contributed by atoms with van der Waals surface area (Å²) in [5.41, 5.74) is 1.43. The molecule has 0 radical (unpaired) electrons. The van der Waals surface area contributed by atoms with E-state index < -0.39 is 11.2 Å². The molecular formula is C22H12Cl2N2O3S. The quantitative estimate of drug-likeness (QED) is 0.343. The highest BCUT2D eigenvalue weighted by molar-refractivity contribution is 7.13. The van der Waals surface area contributed by atoms with Crippen molar-refractivity contribution in [3.63, 3.8) is 0 Å². The number of hydrogen-bond acceptors (Lipinski definition) is 5. The number of rotatable bonds is 3. The van der Waals surface area contributed by atoms with E-state index in [1.165, 1.54) is 23.5 Å². The fourth-order valence-electron chi connectivity index (χ4n) is 3.24. The van der Waals surface area contributed by atoms with Crippen molar-refractivity contribution in [1.82, 2.24) is 9.78 Å². The van der Waals surface area contributed by atoms with Crippen LogP contribution in [0.4, 0.5) is 0 Å². The van der Waals surface area contributed by atoms with Crippen LogP contribution in [0.2, 0.25) is 10.0 Å². The van der Waals surface area contributed by atoms with Gasteiger partial charge in [0.05, 0.1) is 26.5 Å². The lowest BCUT2D eigenvalue weighted by Crippen LogP contribution is -2.03. The first-order chi connectivity index (χ1) is 14.5. The summed E-state index contributed by atoms with van der Waals surface area (Å²) in [6.45, 7) is 0. The van der Waals surface area contributed by atoms with Gasteiger partial charge in [-0.05, 0) is 35.7 Å². The van der Waals surface area contributed by atoms with Crippen molar-refractivity contribution in [2.24, 2.45) is 0 Å². The van der Waals surface area contributed by atoms with Crippen molar-refractivity contribution in [1.29, 1.82) is 0 Å². The fraction of sp³-hybridized carbons (Fsp3) is 0. The average molecular weight is 455 g/mol. The van der Waals surface area contributed by atoms with Gasteiger partial charge in [-0.2, -0.15) is 5.10 Å². The van der Waals surface area contributed by atoms with Crippen molar-refractivity contribution < 1.29 is 9.52 Å². The number of hydrogen-bond donors (Lipinski definition) is 1. The van der Waals surface area contributed by atoms with Gasteiger partial charge in [-0.3, -0.25) is 4.79 Å². The van der Waals surface area contributed by atoms with Crippen molar-refractivity contribution in [2.75, 3.05) is 0 Å². The van der Waals surface area contributed by atoms with Gasteiger partial charge in [-0.25, -0.2) is 4.68 Å². The van der Waals surface area contributed by atoms with Crippen molar-refractivity contribution in [3.8, 4) is 33.3 Å². The molecule has 0 saturated carbocycles. The molecule has 0 amide bonds. The van der Waals surface area contributed by atoms with Gasteiger partial charge >= 0.3 is 0 Å². The summed E-state index contributed by atoms with van der Waals surface area (Å²) >= 11 is 13.8. The Hall–Kier alpha value is -3.06. The number of halogens is 2. The molecule has 0 unspecified atom stereocenters. The minimum Gasteiger partial charge on any atom is -0.502 e. The average Bonchev–Trinajstić information content (AvgIpc) is 3.41. The highest BCUT2D eigenvalue weighted by atomic mass is 35.5. The maximum atomic E-state index is 12.8. The van der Waals surface area contributed by atoms with E-state index in [2.05, 4.69) is 5.10 Å². The largest absolute Gasteiger partial charge is 0.502 e. The van der Waals surface area contributed by atoms with E-state index in [-0.39, 0.29) is 26.8 Å². The van der Waals surface area contributed by atoms with Crippen LogP contribution < -0.4 is 5.43 Å². The summed E-state index contributed by atoms with van der Waals surface area (Å²) in [4.78, 5) is 13.7. The molecule has 3 heterocycles. The number of thiophene rings is 1. The Morgan fingerprint density at radius 2 is 1.87 bits per heavy atom. The van der Waals surface area contributed by atoms with Crippen LogP contribution in [-0.2, 0) is 0 Å². The number of aromatic hydroxyl groups is 1. The molecule has 0 aliphatic rings. The molecule has 8 heteroatoms. The number of aromatic nitrogens is 2. The fourth-order valence-corrected chi connectivity index (χ4v) is 4.50. The Bertz CT molecular complexity index is 1440. The third kappa shape index (κ3) is 3.10. The molecule has 5 rings (SSSR count). The van der Waals surface area contributed by atoms with Gasteiger partial charge in [0.15, 0.2) is 11.3 Å². The second-order valence-electron chi connectivity index (χ2n) is 6.52. The van der Waals surface area contributed by atoms with Gasteiger partial charge < -0.3 is 9.52 Å². The summed E-state index contributed by atoms with van der Waals surface area (Å²) in [6.07, 6.45) is 1.72. The third-order valence-electron chi connectivity index (χ3n) is 4.62. The summed E-state index contributed by atoms with van der Waals surface area (Å²) in [5.74, 6) is -0.520. The molecule has 0 bridgehead atoms. The molecule has 30 heavy (non-hydrogen) atoms. The van der Waals surface area contributed by atoms with Crippen molar-refractivity contribution >= 4 is 45.5 Å². The van der Waals surface area contributed by atoms with E-state index in [9.17, 15) is 9.90 Å². The topological polar surface area (TPSA) is 68.3 Å². The van der Waals surface area contributed by atoms with Crippen LogP contribution in [0.3, 0.4) is 0 Å². The molecule has 0 spiro atoms. The minimum absolute atomic E-state index is 0.00213. The molecule has 5 aromatic rings. The Labute approximate surface area is 184 Å². The molecule has 5 nitrogen and oxygen atoms in total. The maximum absolute atomic E-state index is 12.8. The van der Waals surface area contributed by atoms with Crippen LogP contribution >= 0.6 is 34.5 Å². The van der Waals surface area contributed by atoms with Gasteiger partial charge in [0.25, 0.3) is 0 Å². The van der Waals surface area contributed by atoms with Crippen LogP contribution in [0.25, 0.3) is 38.6 Å². The Balaban J connectivity index is 1.82. The van der Waals surface area contributed by atoms with Gasteiger partial charge in [-0.1, -0.05) is 47.5 Å². The maximum Gasteiger partial charge on any atom is 0.235 e. The van der Waals surface area contributed by atoms with Crippen molar-refractivity contribution in [3.05, 3.63) is 86.4 Å². The lowest BCUT2D eigenvalue weighted by molar-refractivity contribution is 0.449. The highest BCUT2D eigenvalue weighted by Gasteiger charge is 2.24. The van der Waals surface area contributed by atoms with E-state index in [4.69, 9.17) is 27.6 Å². The first kappa shape index (κ1) is 18.9. The number of benzene rings is 2. The molecule has 148 valence electrons. The predicted molar refractivity (Wildman–Crippen MR) is 120 cm³/mol. The van der Waals surface area contributed by atoms with E-state index >= 15 is 0 Å². The molecule has 2 aromatic carbocycles. The van der Waals surface area contributed by atoms with E-state index in [1.54, 1.807) is 10.9 Å². The second kappa shape index (κ2) is 7.32. The van der Waals surface area contributed by atoms with Gasteiger partial charge in [-0.15, -0.1) is 11.3 Å². The standard InChI is InChI=1S/C22H12Cl2N2O3S/c23-12-9-14-19(27)20(28)22(29-21(14)16(24)10-12)15-11-26(13-5-2-1-3-6-13)25-18(15)17-7-4-8-30-17/h1-11,28H. The van der Waals surface area contributed by atoms with Crippen LogP contribution in [0.1, 0.15) is 0 Å². The molecule has 0 atom stereocenters. The summed E-state index contributed by atoms with van der Waals surface area (Å²) in [7, 11) is 0. The zero-order valence-electron chi connectivity index (χ0n) is 15.2. The molecule has 0 fully saturated rings. The molecule has 0 saturated heterocycles. The first-order valence-electron chi connectivity index (χ1n) is 8.87.